The molecule has 0 bridgehead atoms. The average Bonchev–Trinajstić information content (AvgIpc) is 3.91. The van der Waals surface area contributed by atoms with Crippen molar-refractivity contribution in [1.29, 1.82) is 10.8 Å². The van der Waals surface area contributed by atoms with Crippen LogP contribution in [0.2, 0.25) is 0 Å². The Labute approximate surface area is 457 Å². The van der Waals surface area contributed by atoms with E-state index in [0.717, 1.165) is 53.9 Å². The lowest BCUT2D eigenvalue weighted by molar-refractivity contribution is -0.137. The summed E-state index contributed by atoms with van der Waals surface area (Å²) in [6, 6.07) is 24.2. The lowest BCUT2D eigenvalue weighted by Crippen LogP contribution is -2.58. The summed E-state index contributed by atoms with van der Waals surface area (Å²) in [5.74, 6) is -0.508. The summed E-state index contributed by atoms with van der Waals surface area (Å²) in [5.41, 5.74) is 4.71. The number of benzene rings is 3. The third kappa shape index (κ3) is 15.8. The van der Waals surface area contributed by atoms with Crippen molar-refractivity contribution in [3.05, 3.63) is 119 Å². The Hall–Kier alpha value is -7.06. The number of rotatable bonds is 27. The van der Waals surface area contributed by atoms with E-state index in [1.807, 2.05) is 72.5 Å². The summed E-state index contributed by atoms with van der Waals surface area (Å²) in [4.78, 5) is 71.8. The molecule has 4 aliphatic rings. The number of fused-ring (bicyclic) bond motifs is 1. The quantitative estimate of drug-likeness (QED) is 0.0152. The van der Waals surface area contributed by atoms with E-state index in [0.29, 0.717) is 141 Å². The van der Waals surface area contributed by atoms with E-state index in [9.17, 15) is 24.0 Å². The van der Waals surface area contributed by atoms with Crippen LogP contribution in [0.4, 0.5) is 11.4 Å². The highest BCUT2D eigenvalue weighted by atomic mass is 16.5. The van der Waals surface area contributed by atoms with Crippen molar-refractivity contribution < 1.29 is 42.9 Å². The van der Waals surface area contributed by atoms with Crippen LogP contribution < -0.4 is 36.2 Å². The molecule has 0 saturated carbocycles. The molecule has 1 aliphatic carbocycles. The zero-order chi connectivity index (χ0) is 54.7. The molecule has 19 heteroatoms. The normalized spacial score (nSPS) is 18.4. The topological polar surface area (TPSA) is 249 Å². The Morgan fingerprint density at radius 1 is 0.769 bits per heavy atom. The second kappa shape index (κ2) is 28.5. The second-order valence-corrected chi connectivity index (χ2v) is 20.6. The molecule has 4 aromatic rings. The van der Waals surface area contributed by atoms with Crippen LogP contribution in [-0.2, 0) is 35.0 Å². The van der Waals surface area contributed by atoms with Gasteiger partial charge in [-0.3, -0.25) is 45.1 Å². The minimum atomic E-state index is -0.740. The van der Waals surface area contributed by atoms with Gasteiger partial charge < -0.3 is 50.0 Å². The van der Waals surface area contributed by atoms with Crippen molar-refractivity contribution in [2.75, 3.05) is 95.7 Å². The van der Waals surface area contributed by atoms with Crippen LogP contribution in [0, 0.1) is 22.7 Å². The maximum absolute atomic E-state index is 13.5. The number of nitrogens with zero attached hydrogens (tertiary/aromatic N) is 3. The highest BCUT2D eigenvalue weighted by molar-refractivity contribution is 6.10. The first-order valence-electron chi connectivity index (χ1n) is 27.7. The number of carbonyl (C=O) groups is 5. The fourth-order valence-corrected chi connectivity index (χ4v) is 10.6. The van der Waals surface area contributed by atoms with Crippen molar-refractivity contribution in [2.45, 2.75) is 89.1 Å². The van der Waals surface area contributed by atoms with Gasteiger partial charge in [-0.25, -0.2) is 0 Å². The summed E-state index contributed by atoms with van der Waals surface area (Å²) < 4.78 is 23.1. The lowest BCUT2D eigenvalue weighted by Gasteiger charge is -2.40. The highest BCUT2D eigenvalue weighted by Gasteiger charge is 2.42. The average molecular weight is 1070 g/mol. The van der Waals surface area contributed by atoms with Gasteiger partial charge in [-0.15, -0.1) is 0 Å². The molecule has 3 saturated heterocycles. The Bertz CT molecular complexity index is 2690. The molecular formula is C59H76N10O9. The largest absolute Gasteiger partial charge is 0.494 e. The van der Waals surface area contributed by atoms with Gasteiger partial charge in [-0.05, 0) is 143 Å². The summed E-state index contributed by atoms with van der Waals surface area (Å²) in [6.45, 7) is 9.76. The maximum atomic E-state index is 13.5. The number of anilines is 2. The van der Waals surface area contributed by atoms with E-state index in [1.54, 1.807) is 30.6 Å². The van der Waals surface area contributed by atoms with Crippen molar-refractivity contribution in [3.63, 3.8) is 0 Å². The van der Waals surface area contributed by atoms with Crippen LogP contribution in [0.1, 0.15) is 115 Å². The van der Waals surface area contributed by atoms with Crippen molar-refractivity contribution >= 4 is 52.5 Å². The molecule has 0 radical (unpaired) electrons. The number of amidine groups is 2. The van der Waals surface area contributed by atoms with E-state index < -0.39 is 17.4 Å². The van der Waals surface area contributed by atoms with Crippen LogP contribution in [0.25, 0.3) is 0 Å². The SMILES string of the molecule is C[C@@H](NC(=O)c1cccc(NC2(C(=N)NC(=N)c3ccncc3)CCNCC2)c1)c1ccc(OCCCCCCOCCOCCOCCCC(=O)N2CCN(c3ccc4c(c3)CC(C3CCC(=O)NC3=O)C4=O)CC2)cc1. The van der Waals surface area contributed by atoms with Crippen LogP contribution in [0.5, 0.6) is 5.75 Å². The predicted molar refractivity (Wildman–Crippen MR) is 297 cm³/mol. The molecule has 3 atom stereocenters. The van der Waals surface area contributed by atoms with Crippen LogP contribution in [-0.4, -0.2) is 142 Å². The number of piperazine rings is 1. The van der Waals surface area contributed by atoms with Crippen molar-refractivity contribution in [3.8, 4) is 5.75 Å². The Kier molecular flexibility index (Phi) is 20.9. The standard InChI is InChI=1S/C59H76N10O9/c1-41(64-56(73)44-8-6-9-46(38-44)67-59(21-25-63-26-22-59)58(61)66-55(60)43-19-23-62-24-20-43)42-11-14-48(15-12-42)78-33-5-3-2-4-31-75-34-36-77-37-35-76-32-7-10-53(71)69-29-27-68(28-30-69)47-13-16-49-45(39-47)40-51(54(49)72)50-17-18-52(70)65-57(50)74/h6,8-9,11-16,19-20,23-24,38-39,41,50-51,63,67H,2-5,7,10,17-18,21-22,25-37,40H2,1H3,(H,64,73)(H3,60,61,66)(H,65,70,74)/t41-,50?,51?/m1/s1. The Balaban J connectivity index is 0.608. The number of unbranched alkanes of at least 4 members (excludes halogenated alkanes) is 3. The Morgan fingerprint density at radius 3 is 2.18 bits per heavy atom. The Morgan fingerprint density at radius 2 is 1.46 bits per heavy atom. The molecule has 4 heterocycles. The van der Waals surface area contributed by atoms with Crippen molar-refractivity contribution in [1.82, 2.24) is 31.2 Å². The summed E-state index contributed by atoms with van der Waals surface area (Å²) in [6.07, 6.45) is 10.7. The second-order valence-electron chi connectivity index (χ2n) is 20.6. The predicted octanol–water partition coefficient (Wildman–Crippen LogP) is 6.22. The first kappa shape index (κ1) is 57.1. The molecule has 4 amide bonds. The number of ketones is 1. The third-order valence-corrected chi connectivity index (χ3v) is 15.2. The number of imide groups is 1. The van der Waals surface area contributed by atoms with Gasteiger partial charge in [0.05, 0.1) is 44.6 Å². The van der Waals surface area contributed by atoms with Crippen molar-refractivity contribution in [2.24, 2.45) is 11.8 Å². The van der Waals surface area contributed by atoms with E-state index in [-0.39, 0.29) is 53.5 Å². The molecule has 2 unspecified atom stereocenters. The number of hydrogen-bond donors (Lipinski definition) is 7. The number of hydrogen-bond acceptors (Lipinski definition) is 15. The van der Waals surface area contributed by atoms with Crippen LogP contribution >= 0.6 is 0 Å². The zero-order valence-electron chi connectivity index (χ0n) is 44.9. The molecule has 3 aliphatic heterocycles. The van der Waals surface area contributed by atoms with E-state index in [4.69, 9.17) is 29.8 Å². The first-order valence-corrected chi connectivity index (χ1v) is 27.7. The fraction of sp³-hybridized carbons (Fsp3) is 0.492. The molecule has 8 rings (SSSR count). The number of carbonyl (C=O) groups excluding carboxylic acids is 5. The number of ether oxygens (including phenoxy) is 4. The number of pyridine rings is 1. The smallest absolute Gasteiger partial charge is 0.251 e. The number of amides is 4. The fourth-order valence-electron chi connectivity index (χ4n) is 10.6. The lowest BCUT2D eigenvalue weighted by atomic mass is 9.83. The number of nitrogens with one attached hydrogen (secondary N) is 7. The monoisotopic (exact) mass is 1070 g/mol. The highest BCUT2D eigenvalue weighted by Crippen LogP contribution is 2.37. The summed E-state index contributed by atoms with van der Waals surface area (Å²) in [7, 11) is 0. The summed E-state index contributed by atoms with van der Waals surface area (Å²) >= 11 is 0. The number of aromatic nitrogens is 1. The molecule has 19 nitrogen and oxygen atoms in total. The minimum Gasteiger partial charge on any atom is -0.494 e. The van der Waals surface area contributed by atoms with Crippen LogP contribution in [0.15, 0.2) is 91.3 Å². The summed E-state index contributed by atoms with van der Waals surface area (Å²) in [5, 5.41) is 32.9. The number of piperidine rings is 2. The molecule has 78 heavy (non-hydrogen) atoms. The van der Waals surface area contributed by atoms with E-state index >= 15 is 0 Å². The molecule has 3 fully saturated rings. The van der Waals surface area contributed by atoms with Gasteiger partial charge in [-0.1, -0.05) is 24.6 Å². The molecule has 7 N–H and O–H groups in total. The molecular weight excluding hydrogens is 993 g/mol. The maximum Gasteiger partial charge on any atom is 0.251 e. The first-order chi connectivity index (χ1) is 38.0. The van der Waals surface area contributed by atoms with Gasteiger partial charge in [0.25, 0.3) is 5.91 Å². The van der Waals surface area contributed by atoms with Gasteiger partial charge in [-0.2, -0.15) is 0 Å². The van der Waals surface area contributed by atoms with Gasteiger partial charge in [0.15, 0.2) is 5.78 Å². The number of Topliss-reactive ketones (excluding diaryl/α,β-unsaturated/α-hetero) is 1. The van der Waals surface area contributed by atoms with E-state index in [1.165, 1.54) is 0 Å². The third-order valence-electron chi connectivity index (χ3n) is 15.2. The molecule has 416 valence electrons. The molecule has 0 spiro atoms. The van der Waals surface area contributed by atoms with Gasteiger partial charge >= 0.3 is 0 Å². The van der Waals surface area contributed by atoms with Gasteiger partial charge in [0.1, 0.15) is 17.4 Å². The molecule has 1 aromatic heterocycles. The van der Waals surface area contributed by atoms with Gasteiger partial charge in [0.2, 0.25) is 17.7 Å². The zero-order valence-corrected chi connectivity index (χ0v) is 44.9. The minimum absolute atomic E-state index is 0.0190. The van der Waals surface area contributed by atoms with Crippen LogP contribution in [0.3, 0.4) is 0 Å². The molecule has 3 aromatic carbocycles. The van der Waals surface area contributed by atoms with Gasteiger partial charge in [0, 0.05) is 105 Å². The van der Waals surface area contributed by atoms with E-state index in [2.05, 4.69) is 36.5 Å².